The molecule has 0 saturated heterocycles. The molecular weight excluding hydrogens is 491 g/mol. The van der Waals surface area contributed by atoms with Gasteiger partial charge in [0.1, 0.15) is 17.3 Å². The van der Waals surface area contributed by atoms with E-state index in [-0.39, 0.29) is 23.7 Å². The minimum atomic E-state index is -0.660. The van der Waals surface area contributed by atoms with Crippen LogP contribution in [0.4, 0.5) is 15.8 Å². The Morgan fingerprint density at radius 3 is 2.32 bits per heavy atom. The molecule has 3 aromatic rings. The third-order valence-corrected chi connectivity index (χ3v) is 5.82. The van der Waals surface area contributed by atoms with Crippen LogP contribution in [0.25, 0.3) is 6.08 Å². The second-order valence-corrected chi connectivity index (χ2v) is 8.23. The van der Waals surface area contributed by atoms with Gasteiger partial charge in [-0.15, -0.1) is 0 Å². The number of hydrogen-bond acceptors (Lipinski definition) is 6. The average Bonchev–Trinajstić information content (AvgIpc) is 3.17. The first kappa shape index (κ1) is 26.2. The SMILES string of the molecule is COC(=O)C1=C(C)N(c2ccc(F)cc2)C(=O)/C1=C\c1ccc(OCC(=O)Nc2ccccc2OC)cc1. The molecule has 0 atom stereocenters. The molecule has 2 amide bonds. The summed E-state index contributed by atoms with van der Waals surface area (Å²) < 4.78 is 29.1. The Bertz CT molecular complexity index is 1430. The first-order valence-corrected chi connectivity index (χ1v) is 11.6. The number of esters is 1. The molecule has 0 aromatic heterocycles. The molecule has 0 spiro atoms. The van der Waals surface area contributed by atoms with E-state index in [1.165, 1.54) is 43.4 Å². The second-order valence-electron chi connectivity index (χ2n) is 8.23. The maximum Gasteiger partial charge on any atom is 0.340 e. The third kappa shape index (κ3) is 5.57. The van der Waals surface area contributed by atoms with Crippen LogP contribution < -0.4 is 19.7 Å². The van der Waals surface area contributed by atoms with E-state index in [1.807, 2.05) is 0 Å². The lowest BCUT2D eigenvalue weighted by atomic mass is 10.0. The number of nitrogens with zero attached hydrogens (tertiary/aromatic N) is 1. The summed E-state index contributed by atoms with van der Waals surface area (Å²) in [5.74, 6) is -0.927. The Labute approximate surface area is 218 Å². The zero-order valence-corrected chi connectivity index (χ0v) is 21.0. The molecule has 0 bridgehead atoms. The van der Waals surface area contributed by atoms with Crippen molar-refractivity contribution in [3.63, 3.8) is 0 Å². The number of carbonyl (C=O) groups is 3. The van der Waals surface area contributed by atoms with Crippen LogP contribution in [0, 0.1) is 5.82 Å². The van der Waals surface area contributed by atoms with E-state index in [0.717, 1.165) is 0 Å². The average molecular weight is 517 g/mol. The van der Waals surface area contributed by atoms with Crippen molar-refractivity contribution in [3.05, 3.63) is 101 Å². The van der Waals surface area contributed by atoms with E-state index in [0.29, 0.717) is 34.1 Å². The summed E-state index contributed by atoms with van der Waals surface area (Å²) in [6.07, 6.45) is 1.57. The summed E-state index contributed by atoms with van der Waals surface area (Å²) in [6.45, 7) is 1.40. The lowest BCUT2D eigenvalue weighted by molar-refractivity contribution is -0.136. The first-order valence-electron chi connectivity index (χ1n) is 11.6. The van der Waals surface area contributed by atoms with Crippen molar-refractivity contribution in [1.29, 1.82) is 0 Å². The zero-order chi connectivity index (χ0) is 27.2. The number of benzene rings is 3. The van der Waals surface area contributed by atoms with Gasteiger partial charge in [-0.2, -0.15) is 0 Å². The maximum absolute atomic E-state index is 13.4. The fourth-order valence-electron chi connectivity index (χ4n) is 3.99. The number of hydrogen-bond donors (Lipinski definition) is 1. The molecule has 0 unspecified atom stereocenters. The molecule has 1 aliphatic rings. The number of nitrogens with one attached hydrogen (secondary N) is 1. The van der Waals surface area contributed by atoms with E-state index in [1.54, 1.807) is 61.5 Å². The lowest BCUT2D eigenvalue weighted by Gasteiger charge is -2.17. The van der Waals surface area contributed by atoms with Crippen LogP contribution in [-0.4, -0.2) is 38.6 Å². The van der Waals surface area contributed by atoms with Gasteiger partial charge in [-0.05, 0) is 67.1 Å². The Balaban J connectivity index is 1.49. The van der Waals surface area contributed by atoms with Crippen molar-refractivity contribution in [2.45, 2.75) is 6.92 Å². The van der Waals surface area contributed by atoms with Crippen LogP contribution in [-0.2, 0) is 19.1 Å². The maximum atomic E-state index is 13.4. The molecule has 8 nitrogen and oxygen atoms in total. The predicted octanol–water partition coefficient (Wildman–Crippen LogP) is 4.73. The van der Waals surface area contributed by atoms with Gasteiger partial charge in [0.25, 0.3) is 11.8 Å². The van der Waals surface area contributed by atoms with Crippen LogP contribution in [0.5, 0.6) is 11.5 Å². The van der Waals surface area contributed by atoms with Crippen molar-refractivity contribution in [2.75, 3.05) is 31.0 Å². The topological polar surface area (TPSA) is 94.2 Å². The summed E-state index contributed by atoms with van der Waals surface area (Å²) in [5.41, 5.74) is 2.22. The molecule has 1 heterocycles. The summed E-state index contributed by atoms with van der Waals surface area (Å²) in [6, 6.07) is 19.1. The van der Waals surface area contributed by atoms with Gasteiger partial charge in [0.15, 0.2) is 6.61 Å². The lowest BCUT2D eigenvalue weighted by Crippen LogP contribution is -2.24. The van der Waals surface area contributed by atoms with Gasteiger partial charge in [0.05, 0.1) is 31.1 Å². The fourth-order valence-corrected chi connectivity index (χ4v) is 3.99. The standard InChI is InChI=1S/C29H25FN2O6/c1-18-27(29(35)37-3)23(28(34)32(18)21-12-10-20(30)11-13-21)16-19-8-14-22(15-9-19)38-17-26(33)31-24-6-4-5-7-25(24)36-2/h4-16H,17H2,1-3H3,(H,31,33)/b23-16-. The van der Waals surface area contributed by atoms with Crippen LogP contribution >= 0.6 is 0 Å². The molecule has 0 fully saturated rings. The third-order valence-electron chi connectivity index (χ3n) is 5.82. The number of halogens is 1. The molecule has 1 aliphatic heterocycles. The van der Waals surface area contributed by atoms with Crippen molar-refractivity contribution < 1.29 is 33.0 Å². The Morgan fingerprint density at radius 1 is 0.974 bits per heavy atom. The summed E-state index contributed by atoms with van der Waals surface area (Å²) in [4.78, 5) is 39.5. The minimum absolute atomic E-state index is 0.121. The van der Waals surface area contributed by atoms with Gasteiger partial charge < -0.3 is 19.5 Å². The quantitative estimate of drug-likeness (QED) is 0.344. The Hall–Kier alpha value is -4.92. The number of para-hydroxylation sites is 2. The molecule has 0 radical (unpaired) electrons. The van der Waals surface area contributed by atoms with Crippen LogP contribution in [0.2, 0.25) is 0 Å². The van der Waals surface area contributed by atoms with E-state index in [4.69, 9.17) is 14.2 Å². The van der Waals surface area contributed by atoms with Gasteiger partial charge in [-0.3, -0.25) is 14.5 Å². The molecule has 4 rings (SSSR count). The number of anilines is 2. The van der Waals surface area contributed by atoms with Crippen molar-refractivity contribution >= 4 is 35.2 Å². The summed E-state index contributed by atoms with van der Waals surface area (Å²) in [5, 5.41) is 2.73. The van der Waals surface area contributed by atoms with Gasteiger partial charge >= 0.3 is 5.97 Å². The highest BCUT2D eigenvalue weighted by Gasteiger charge is 2.37. The monoisotopic (exact) mass is 516 g/mol. The Kier molecular flexibility index (Phi) is 7.86. The van der Waals surface area contributed by atoms with Gasteiger partial charge in [0, 0.05) is 11.4 Å². The number of methoxy groups -OCH3 is 2. The normalized spacial score (nSPS) is 14.1. The molecular formula is C29H25FN2O6. The number of ether oxygens (including phenoxy) is 3. The molecule has 194 valence electrons. The van der Waals surface area contributed by atoms with E-state index in [9.17, 15) is 18.8 Å². The van der Waals surface area contributed by atoms with Crippen LogP contribution in [0.3, 0.4) is 0 Å². The Morgan fingerprint density at radius 2 is 1.66 bits per heavy atom. The molecule has 1 N–H and O–H groups in total. The number of amides is 2. The minimum Gasteiger partial charge on any atom is -0.495 e. The first-order chi connectivity index (χ1) is 18.3. The van der Waals surface area contributed by atoms with Gasteiger partial charge in [-0.1, -0.05) is 24.3 Å². The molecule has 38 heavy (non-hydrogen) atoms. The van der Waals surface area contributed by atoms with Crippen LogP contribution in [0.15, 0.2) is 89.6 Å². The number of rotatable bonds is 8. The van der Waals surface area contributed by atoms with Gasteiger partial charge in [0.2, 0.25) is 0 Å². The fraction of sp³-hybridized carbons (Fsp3) is 0.138. The van der Waals surface area contributed by atoms with E-state index < -0.39 is 17.7 Å². The molecule has 9 heteroatoms. The highest BCUT2D eigenvalue weighted by atomic mass is 19.1. The van der Waals surface area contributed by atoms with E-state index in [2.05, 4.69) is 5.32 Å². The van der Waals surface area contributed by atoms with Gasteiger partial charge in [-0.25, -0.2) is 9.18 Å². The number of carbonyl (C=O) groups excluding carboxylic acids is 3. The molecule has 0 aliphatic carbocycles. The zero-order valence-electron chi connectivity index (χ0n) is 21.0. The summed E-state index contributed by atoms with van der Waals surface area (Å²) in [7, 11) is 2.75. The second kappa shape index (κ2) is 11.4. The van der Waals surface area contributed by atoms with Crippen molar-refractivity contribution in [3.8, 4) is 11.5 Å². The highest BCUT2D eigenvalue weighted by molar-refractivity contribution is 6.23. The predicted molar refractivity (Wildman–Crippen MR) is 140 cm³/mol. The van der Waals surface area contributed by atoms with E-state index >= 15 is 0 Å². The van der Waals surface area contributed by atoms with Crippen molar-refractivity contribution in [1.82, 2.24) is 0 Å². The van der Waals surface area contributed by atoms with Crippen LogP contribution in [0.1, 0.15) is 12.5 Å². The smallest absolute Gasteiger partial charge is 0.340 e. The van der Waals surface area contributed by atoms with Crippen molar-refractivity contribution in [2.24, 2.45) is 0 Å². The highest BCUT2D eigenvalue weighted by Crippen LogP contribution is 2.35. The molecule has 0 saturated carbocycles. The summed E-state index contributed by atoms with van der Waals surface area (Å²) >= 11 is 0. The largest absolute Gasteiger partial charge is 0.495 e. The number of allylic oxidation sites excluding steroid dienone is 1. The molecule has 3 aromatic carbocycles.